The van der Waals surface area contributed by atoms with Crippen LogP contribution in [-0.4, -0.2) is 41.6 Å². The Morgan fingerprint density at radius 2 is 1.75 bits per heavy atom. The lowest BCUT2D eigenvalue weighted by molar-refractivity contribution is -0.185. The monoisotopic (exact) mass is 198 g/mol. The lowest BCUT2D eigenvalue weighted by Crippen LogP contribution is -2.45. The molecule has 0 radical (unpaired) electrons. The minimum absolute atomic E-state index is 0.211. The zero-order valence-electron chi connectivity index (χ0n) is 6.23. The number of carbonyl (C=O) groups excluding carboxylic acids is 1. The van der Waals surface area contributed by atoms with Crippen LogP contribution in [0.5, 0.6) is 0 Å². The Bertz CT molecular complexity index is 176. The van der Waals surface area contributed by atoms with Gasteiger partial charge in [0.2, 0.25) is 0 Å². The van der Waals surface area contributed by atoms with Gasteiger partial charge in [-0.1, -0.05) is 0 Å². The number of thioether (sulfide) groups is 1. The first-order valence-corrected chi connectivity index (χ1v) is 4.61. The van der Waals surface area contributed by atoms with E-state index in [1.54, 1.807) is 11.8 Å². The first-order valence-electron chi connectivity index (χ1n) is 3.45. The molecule has 0 unspecified atom stereocenters. The largest absolute Gasteiger partial charge is 0.471 e. The SMILES string of the molecule is O=C(N1CCSCC1)C(F)(F)[18F]. The number of hydrogen-bond donors (Lipinski definition) is 0. The van der Waals surface area contributed by atoms with Crippen LogP contribution in [0.4, 0.5) is 13.2 Å². The summed E-state index contributed by atoms with van der Waals surface area (Å²) < 4.78 is 35.5. The van der Waals surface area contributed by atoms with E-state index in [-0.39, 0.29) is 13.1 Å². The summed E-state index contributed by atoms with van der Waals surface area (Å²) in [4.78, 5) is 11.5. The summed E-state index contributed by atoms with van der Waals surface area (Å²) in [6.45, 7) is 0.423. The fraction of sp³-hybridized carbons (Fsp3) is 0.833. The van der Waals surface area contributed by atoms with E-state index in [2.05, 4.69) is 0 Å². The van der Waals surface area contributed by atoms with Crippen molar-refractivity contribution in [2.24, 2.45) is 0 Å². The predicted octanol–water partition coefficient (Wildman–Crippen LogP) is 1.12. The topological polar surface area (TPSA) is 20.3 Å². The van der Waals surface area contributed by atoms with E-state index in [0.717, 1.165) is 4.90 Å². The molecule has 0 aromatic carbocycles. The van der Waals surface area contributed by atoms with E-state index in [4.69, 9.17) is 0 Å². The molecule has 0 atom stereocenters. The van der Waals surface area contributed by atoms with Crippen LogP contribution in [0.15, 0.2) is 0 Å². The average Bonchev–Trinajstić information content (AvgIpc) is 2.03. The van der Waals surface area contributed by atoms with Crippen molar-refractivity contribution in [2.75, 3.05) is 24.6 Å². The Balaban J connectivity index is 2.51. The molecule has 0 bridgehead atoms. The standard InChI is InChI=1S/C6H8F3NOS/c7-6(8,9)5(11)10-1-3-12-4-2-10/h1-4H2/i7-1. The van der Waals surface area contributed by atoms with Gasteiger partial charge in [0, 0.05) is 24.6 Å². The summed E-state index contributed by atoms with van der Waals surface area (Å²) in [5.74, 6) is -0.508. The molecule has 0 spiro atoms. The van der Waals surface area contributed by atoms with Gasteiger partial charge in [0.05, 0.1) is 0 Å². The van der Waals surface area contributed by atoms with E-state index >= 15 is 0 Å². The van der Waals surface area contributed by atoms with Gasteiger partial charge < -0.3 is 4.90 Å². The second-order valence-electron chi connectivity index (χ2n) is 2.40. The molecule has 0 aromatic heterocycles. The normalized spacial score (nSPS) is 19.4. The number of amides is 1. The van der Waals surface area contributed by atoms with Crippen LogP contribution in [0.1, 0.15) is 0 Å². The zero-order valence-corrected chi connectivity index (χ0v) is 7.04. The smallest absolute Gasteiger partial charge is 0.333 e. The second-order valence-corrected chi connectivity index (χ2v) is 3.63. The van der Waals surface area contributed by atoms with E-state index in [1.165, 1.54) is 0 Å². The number of hydrogen-bond acceptors (Lipinski definition) is 2. The van der Waals surface area contributed by atoms with Crippen molar-refractivity contribution in [3.63, 3.8) is 0 Å². The molecule has 1 aliphatic heterocycles. The van der Waals surface area contributed by atoms with Gasteiger partial charge in [-0.05, 0) is 0 Å². The molecular weight excluding hydrogens is 190 g/mol. The van der Waals surface area contributed by atoms with Gasteiger partial charge in [-0.15, -0.1) is 0 Å². The number of nitrogens with zero attached hydrogens (tertiary/aromatic N) is 1. The molecule has 6 heteroatoms. The summed E-state index contributed by atoms with van der Waals surface area (Å²) in [6, 6.07) is 0. The summed E-state index contributed by atoms with van der Waals surface area (Å²) in [5.41, 5.74) is 0. The van der Waals surface area contributed by atoms with Gasteiger partial charge in [0.1, 0.15) is 0 Å². The van der Waals surface area contributed by atoms with E-state index in [9.17, 15) is 18.0 Å². The highest BCUT2D eigenvalue weighted by Crippen LogP contribution is 2.20. The molecule has 70 valence electrons. The predicted molar refractivity (Wildman–Crippen MR) is 40.0 cm³/mol. The van der Waals surface area contributed by atoms with Crippen LogP contribution >= 0.6 is 11.8 Å². The van der Waals surface area contributed by atoms with Crippen LogP contribution in [-0.2, 0) is 4.79 Å². The van der Waals surface area contributed by atoms with Crippen LogP contribution in [0.2, 0.25) is 0 Å². The lowest BCUT2D eigenvalue weighted by Gasteiger charge is -2.26. The quantitative estimate of drug-likeness (QED) is 0.581. The number of halogens is 3. The van der Waals surface area contributed by atoms with Gasteiger partial charge in [0.15, 0.2) is 0 Å². The third-order valence-electron chi connectivity index (χ3n) is 1.54. The molecule has 0 aromatic rings. The van der Waals surface area contributed by atoms with Crippen LogP contribution in [0.3, 0.4) is 0 Å². The molecule has 0 aliphatic carbocycles. The van der Waals surface area contributed by atoms with Gasteiger partial charge in [-0.25, -0.2) is 0 Å². The first-order chi connectivity index (χ1) is 5.52. The first kappa shape index (κ1) is 9.70. The highest BCUT2D eigenvalue weighted by molar-refractivity contribution is 7.99. The molecule has 0 saturated carbocycles. The Kier molecular flexibility index (Phi) is 2.87. The van der Waals surface area contributed by atoms with Crippen molar-refractivity contribution in [2.45, 2.75) is 6.18 Å². The second kappa shape index (κ2) is 3.55. The summed E-state index contributed by atoms with van der Waals surface area (Å²) in [6.07, 6.45) is -4.71. The number of rotatable bonds is 0. The van der Waals surface area contributed by atoms with E-state index in [1.807, 2.05) is 0 Å². The minimum atomic E-state index is -4.71. The maximum absolute atomic E-state index is 11.8. The van der Waals surface area contributed by atoms with Gasteiger partial charge in [0.25, 0.3) is 0 Å². The van der Waals surface area contributed by atoms with Gasteiger partial charge in [-0.3, -0.25) is 4.79 Å². The summed E-state index contributed by atoms with van der Waals surface area (Å²) in [5, 5.41) is 0. The maximum Gasteiger partial charge on any atom is 0.471 e. The third kappa shape index (κ3) is 2.30. The van der Waals surface area contributed by atoms with Crippen molar-refractivity contribution in [3.05, 3.63) is 0 Å². The molecule has 1 fully saturated rings. The average molecular weight is 198 g/mol. The minimum Gasteiger partial charge on any atom is -0.333 e. The third-order valence-corrected chi connectivity index (χ3v) is 2.48. The molecular formula is C6H8F3NOS. The fourth-order valence-corrected chi connectivity index (χ4v) is 1.85. The lowest BCUT2D eigenvalue weighted by atomic mass is 10.4. The molecule has 1 saturated heterocycles. The molecule has 12 heavy (non-hydrogen) atoms. The van der Waals surface area contributed by atoms with Crippen molar-refractivity contribution in [1.29, 1.82) is 0 Å². The molecule has 2 nitrogen and oxygen atoms in total. The van der Waals surface area contributed by atoms with Crippen molar-refractivity contribution in [3.8, 4) is 0 Å². The highest BCUT2D eigenvalue weighted by Gasteiger charge is 2.42. The number of carbonyl (C=O) groups is 1. The molecule has 1 amide bonds. The van der Waals surface area contributed by atoms with Crippen molar-refractivity contribution in [1.82, 2.24) is 4.90 Å². The highest BCUT2D eigenvalue weighted by atomic mass is 32.2. The Labute approximate surface area is 72.1 Å². The van der Waals surface area contributed by atoms with Crippen molar-refractivity contribution >= 4 is 17.7 Å². The summed E-state index contributed by atoms with van der Waals surface area (Å²) >= 11 is 1.57. The van der Waals surface area contributed by atoms with Gasteiger partial charge >= 0.3 is 12.1 Å². The molecule has 1 aliphatic rings. The maximum atomic E-state index is 11.8. The zero-order chi connectivity index (χ0) is 9.19. The Morgan fingerprint density at radius 3 is 2.17 bits per heavy atom. The summed E-state index contributed by atoms with van der Waals surface area (Å²) in [7, 11) is 0. The van der Waals surface area contributed by atoms with E-state index < -0.39 is 12.1 Å². The fourth-order valence-electron chi connectivity index (χ4n) is 0.946. The van der Waals surface area contributed by atoms with Crippen molar-refractivity contribution < 1.29 is 18.0 Å². The van der Waals surface area contributed by atoms with Crippen LogP contribution in [0, 0.1) is 0 Å². The van der Waals surface area contributed by atoms with E-state index in [0.29, 0.717) is 11.5 Å². The van der Waals surface area contributed by atoms with Crippen LogP contribution < -0.4 is 0 Å². The van der Waals surface area contributed by atoms with Crippen LogP contribution in [0.25, 0.3) is 0 Å². The number of alkyl halides is 3. The molecule has 0 N–H and O–H groups in total. The Morgan fingerprint density at radius 1 is 1.25 bits per heavy atom. The van der Waals surface area contributed by atoms with Gasteiger partial charge in [-0.2, -0.15) is 24.9 Å². The Hall–Kier alpha value is -0.390. The molecule has 1 heterocycles. The molecule has 1 rings (SSSR count).